The first-order chi connectivity index (χ1) is 11.9. The number of ether oxygens (including phenoxy) is 3. The topological polar surface area (TPSA) is 129 Å². The van der Waals surface area contributed by atoms with Crippen LogP contribution in [0.4, 0.5) is 4.79 Å². The first kappa shape index (κ1) is 18.1. The van der Waals surface area contributed by atoms with E-state index < -0.39 is 29.9 Å². The van der Waals surface area contributed by atoms with E-state index in [2.05, 4.69) is 17.2 Å². The van der Waals surface area contributed by atoms with Crippen molar-refractivity contribution in [1.29, 1.82) is 0 Å². The molecule has 0 aromatic heterocycles. The van der Waals surface area contributed by atoms with Crippen LogP contribution in [0.2, 0.25) is 0 Å². The molecule has 2 unspecified atom stereocenters. The summed E-state index contributed by atoms with van der Waals surface area (Å²) in [5, 5.41) is 5.13. The maximum absolute atomic E-state index is 12.1. The molecule has 4 N–H and O–H groups in total. The highest BCUT2D eigenvalue weighted by molar-refractivity contribution is 5.85. The van der Waals surface area contributed by atoms with Gasteiger partial charge in [0.2, 0.25) is 0 Å². The van der Waals surface area contributed by atoms with Gasteiger partial charge >= 0.3 is 12.0 Å². The Kier molecular flexibility index (Phi) is 5.48. The Morgan fingerprint density at radius 1 is 1.28 bits per heavy atom. The molecule has 2 atom stereocenters. The van der Waals surface area contributed by atoms with Gasteiger partial charge in [0.15, 0.2) is 18.1 Å². The normalized spacial score (nSPS) is 19.4. The highest BCUT2D eigenvalue weighted by Crippen LogP contribution is 2.35. The van der Waals surface area contributed by atoms with Crippen molar-refractivity contribution in [3.63, 3.8) is 0 Å². The summed E-state index contributed by atoms with van der Waals surface area (Å²) in [4.78, 5) is 34.7. The molecule has 0 aliphatic carbocycles. The third-order valence-corrected chi connectivity index (χ3v) is 3.64. The smallest absolute Gasteiger partial charge is 0.319 e. The van der Waals surface area contributed by atoms with Crippen LogP contribution in [-0.4, -0.2) is 38.7 Å². The van der Waals surface area contributed by atoms with Crippen molar-refractivity contribution in [3.05, 3.63) is 36.0 Å². The third-order valence-electron chi connectivity index (χ3n) is 3.64. The van der Waals surface area contributed by atoms with Crippen molar-refractivity contribution in [1.82, 2.24) is 10.6 Å². The predicted molar refractivity (Wildman–Crippen MR) is 86.7 cm³/mol. The van der Waals surface area contributed by atoms with Gasteiger partial charge in [-0.05, 0) is 17.7 Å². The molecular weight excluding hydrogens is 330 g/mol. The Labute approximate surface area is 144 Å². The third kappa shape index (κ3) is 4.00. The molecule has 0 spiro atoms. The van der Waals surface area contributed by atoms with Crippen LogP contribution in [-0.2, 0) is 14.3 Å². The summed E-state index contributed by atoms with van der Waals surface area (Å²) in [6.07, 6.45) is 0. The van der Waals surface area contributed by atoms with Crippen LogP contribution in [0.1, 0.15) is 11.6 Å². The van der Waals surface area contributed by atoms with Crippen LogP contribution in [0.15, 0.2) is 30.5 Å². The van der Waals surface area contributed by atoms with E-state index in [1.807, 2.05) is 0 Å². The zero-order valence-electron chi connectivity index (χ0n) is 13.8. The van der Waals surface area contributed by atoms with Gasteiger partial charge in [-0.3, -0.25) is 9.59 Å². The van der Waals surface area contributed by atoms with E-state index in [1.54, 1.807) is 18.2 Å². The van der Waals surface area contributed by atoms with Crippen molar-refractivity contribution in [3.8, 4) is 11.5 Å². The monoisotopic (exact) mass is 349 g/mol. The predicted octanol–water partition coefficient (Wildman–Crippen LogP) is 0.216. The second-order valence-electron chi connectivity index (χ2n) is 5.27. The molecule has 1 aromatic carbocycles. The van der Waals surface area contributed by atoms with Crippen LogP contribution in [0.25, 0.3) is 0 Å². The number of rotatable bonds is 6. The maximum atomic E-state index is 12.1. The minimum Gasteiger partial charge on any atom is -0.493 e. The number of amides is 3. The van der Waals surface area contributed by atoms with Gasteiger partial charge in [0.05, 0.1) is 20.3 Å². The Balaban J connectivity index is 2.36. The quantitative estimate of drug-likeness (QED) is 0.630. The molecule has 1 fully saturated rings. The van der Waals surface area contributed by atoms with Crippen molar-refractivity contribution in [2.24, 2.45) is 11.7 Å². The summed E-state index contributed by atoms with van der Waals surface area (Å²) < 4.78 is 15.3. The molecule has 0 bridgehead atoms. The standard InChI is InChI=1S/C16H19N3O6/c1-8-13(15(21)24-3)14(19-16(22)18-8)9-4-5-10(11(6-9)23-2)25-7-12(17)20/h4-6,13-14H,1,7H2,2-3H3,(H2,17,20)(H2,18,19,22). The van der Waals surface area contributed by atoms with E-state index in [0.717, 1.165) is 0 Å². The second-order valence-corrected chi connectivity index (χ2v) is 5.27. The number of primary amides is 1. The average molecular weight is 349 g/mol. The van der Waals surface area contributed by atoms with Crippen LogP contribution in [0, 0.1) is 5.92 Å². The molecule has 9 heteroatoms. The first-order valence-corrected chi connectivity index (χ1v) is 7.30. The largest absolute Gasteiger partial charge is 0.493 e. The van der Waals surface area contributed by atoms with Crippen molar-refractivity contribution in [2.75, 3.05) is 20.8 Å². The Morgan fingerprint density at radius 3 is 2.60 bits per heavy atom. The summed E-state index contributed by atoms with van der Waals surface area (Å²) in [7, 11) is 2.68. The molecule has 0 radical (unpaired) electrons. The highest BCUT2D eigenvalue weighted by Gasteiger charge is 2.38. The fourth-order valence-corrected chi connectivity index (χ4v) is 2.51. The molecular formula is C16H19N3O6. The molecule has 1 saturated heterocycles. The molecule has 2 rings (SSSR count). The van der Waals surface area contributed by atoms with Gasteiger partial charge in [0.25, 0.3) is 5.91 Å². The number of nitrogens with one attached hydrogen (secondary N) is 2. The Bertz CT molecular complexity index is 718. The number of hydrogen-bond donors (Lipinski definition) is 3. The summed E-state index contributed by atoms with van der Waals surface area (Å²) in [6, 6.07) is 3.60. The number of nitrogens with two attached hydrogens (primary N) is 1. The van der Waals surface area contributed by atoms with E-state index in [1.165, 1.54) is 14.2 Å². The lowest BCUT2D eigenvalue weighted by Gasteiger charge is -2.33. The summed E-state index contributed by atoms with van der Waals surface area (Å²) >= 11 is 0. The lowest BCUT2D eigenvalue weighted by Crippen LogP contribution is -2.51. The lowest BCUT2D eigenvalue weighted by molar-refractivity contribution is -0.145. The van der Waals surface area contributed by atoms with Gasteiger partial charge in [-0.2, -0.15) is 0 Å². The fraction of sp³-hybridized carbons (Fsp3) is 0.312. The molecule has 0 saturated carbocycles. The minimum absolute atomic E-state index is 0.230. The van der Waals surface area contributed by atoms with E-state index in [4.69, 9.17) is 19.9 Å². The van der Waals surface area contributed by atoms with Gasteiger partial charge in [-0.25, -0.2) is 4.79 Å². The van der Waals surface area contributed by atoms with Crippen LogP contribution in [0.5, 0.6) is 11.5 Å². The second kappa shape index (κ2) is 7.56. The van der Waals surface area contributed by atoms with Crippen LogP contribution >= 0.6 is 0 Å². The van der Waals surface area contributed by atoms with Crippen LogP contribution in [0.3, 0.4) is 0 Å². The molecule has 134 valence electrons. The van der Waals surface area contributed by atoms with E-state index >= 15 is 0 Å². The highest BCUT2D eigenvalue weighted by atomic mass is 16.5. The summed E-state index contributed by atoms with van der Waals surface area (Å²) in [5.41, 5.74) is 5.86. The Hall–Kier alpha value is -3.23. The molecule has 1 aromatic rings. The lowest BCUT2D eigenvalue weighted by atomic mass is 9.89. The van der Waals surface area contributed by atoms with E-state index in [9.17, 15) is 14.4 Å². The molecule has 3 amide bonds. The first-order valence-electron chi connectivity index (χ1n) is 7.30. The number of urea groups is 1. The zero-order chi connectivity index (χ0) is 18.6. The Morgan fingerprint density at radius 2 is 2.00 bits per heavy atom. The number of carbonyl (C=O) groups is 3. The molecule has 1 aliphatic rings. The van der Waals surface area contributed by atoms with Gasteiger partial charge < -0.3 is 30.6 Å². The molecule has 9 nitrogen and oxygen atoms in total. The van der Waals surface area contributed by atoms with E-state index in [-0.39, 0.29) is 12.3 Å². The molecule has 25 heavy (non-hydrogen) atoms. The van der Waals surface area contributed by atoms with Crippen molar-refractivity contribution < 1.29 is 28.6 Å². The molecule has 1 aliphatic heterocycles. The van der Waals surface area contributed by atoms with Gasteiger partial charge in [-0.15, -0.1) is 0 Å². The number of carbonyl (C=O) groups excluding carboxylic acids is 3. The SMILES string of the molecule is C=C1NC(=O)NC(c2ccc(OCC(N)=O)c(OC)c2)C1C(=O)OC. The number of hydrogen-bond acceptors (Lipinski definition) is 6. The fourth-order valence-electron chi connectivity index (χ4n) is 2.51. The van der Waals surface area contributed by atoms with Crippen molar-refractivity contribution in [2.45, 2.75) is 6.04 Å². The maximum Gasteiger partial charge on any atom is 0.319 e. The van der Waals surface area contributed by atoms with Gasteiger partial charge in [0, 0.05) is 5.70 Å². The average Bonchev–Trinajstić information content (AvgIpc) is 2.58. The number of methoxy groups -OCH3 is 2. The zero-order valence-corrected chi connectivity index (χ0v) is 13.8. The summed E-state index contributed by atoms with van der Waals surface area (Å²) in [6.45, 7) is 3.42. The van der Waals surface area contributed by atoms with Crippen LogP contribution < -0.4 is 25.8 Å². The van der Waals surface area contributed by atoms with Crippen molar-refractivity contribution >= 4 is 17.9 Å². The van der Waals surface area contributed by atoms with Gasteiger partial charge in [-0.1, -0.05) is 12.6 Å². The minimum atomic E-state index is -0.815. The van der Waals surface area contributed by atoms with Gasteiger partial charge in [0.1, 0.15) is 5.92 Å². The van der Waals surface area contributed by atoms with E-state index in [0.29, 0.717) is 17.1 Å². The summed E-state index contributed by atoms with van der Waals surface area (Å²) in [5.74, 6) is -1.36. The molecule has 1 heterocycles. The number of benzene rings is 1. The number of esters is 1.